The summed E-state index contributed by atoms with van der Waals surface area (Å²) >= 11 is 0. The molecule has 2 N–H and O–H groups in total. The van der Waals surface area contributed by atoms with Crippen molar-refractivity contribution in [3.63, 3.8) is 0 Å². The summed E-state index contributed by atoms with van der Waals surface area (Å²) in [5.74, 6) is 0.900. The number of guanidine groups is 1. The molecule has 3 nitrogen and oxygen atoms in total. The van der Waals surface area contributed by atoms with Crippen LogP contribution >= 0.6 is 24.0 Å². The van der Waals surface area contributed by atoms with E-state index in [0.717, 1.165) is 25.1 Å². The van der Waals surface area contributed by atoms with Gasteiger partial charge in [-0.25, -0.2) is 8.78 Å². The molecule has 1 saturated carbocycles. The van der Waals surface area contributed by atoms with Crippen LogP contribution in [-0.4, -0.2) is 19.6 Å². The topological polar surface area (TPSA) is 36.4 Å². The monoisotopic (exact) mass is 457 g/mol. The SMILES string of the molecule is CN=C(NCc1cc(F)ccc1F)NCC1CC1c1ccccc1.I. The van der Waals surface area contributed by atoms with Gasteiger partial charge in [0, 0.05) is 25.7 Å². The van der Waals surface area contributed by atoms with E-state index < -0.39 is 11.6 Å². The number of rotatable bonds is 5. The lowest BCUT2D eigenvalue weighted by molar-refractivity contribution is 0.580. The Morgan fingerprint density at radius 3 is 2.60 bits per heavy atom. The Morgan fingerprint density at radius 1 is 1.12 bits per heavy atom. The maximum Gasteiger partial charge on any atom is 0.191 e. The van der Waals surface area contributed by atoms with Crippen molar-refractivity contribution in [2.45, 2.75) is 18.9 Å². The van der Waals surface area contributed by atoms with E-state index in [1.165, 1.54) is 11.6 Å². The fourth-order valence-corrected chi connectivity index (χ4v) is 2.89. The summed E-state index contributed by atoms with van der Waals surface area (Å²) in [5, 5.41) is 6.28. The quantitative estimate of drug-likeness (QED) is 0.404. The first-order chi connectivity index (χ1) is 11.7. The lowest BCUT2D eigenvalue weighted by Crippen LogP contribution is -2.38. The molecular weight excluding hydrogens is 435 g/mol. The summed E-state index contributed by atoms with van der Waals surface area (Å²) in [6.07, 6.45) is 1.16. The van der Waals surface area contributed by atoms with E-state index in [-0.39, 0.29) is 36.1 Å². The molecule has 0 spiro atoms. The molecule has 134 valence electrons. The van der Waals surface area contributed by atoms with Crippen LogP contribution in [0.1, 0.15) is 23.5 Å². The predicted molar refractivity (Wildman–Crippen MR) is 107 cm³/mol. The molecular formula is C19H22F2IN3. The molecule has 3 rings (SSSR count). The third-order valence-corrected chi connectivity index (χ3v) is 4.36. The number of halogens is 3. The normalized spacial score (nSPS) is 19.1. The van der Waals surface area contributed by atoms with Crippen molar-refractivity contribution in [3.05, 3.63) is 71.3 Å². The molecule has 2 unspecified atom stereocenters. The molecule has 25 heavy (non-hydrogen) atoms. The van der Waals surface area contributed by atoms with Crippen LogP contribution in [0.2, 0.25) is 0 Å². The molecule has 2 aromatic rings. The van der Waals surface area contributed by atoms with Gasteiger partial charge in [-0.1, -0.05) is 30.3 Å². The zero-order chi connectivity index (χ0) is 16.9. The minimum Gasteiger partial charge on any atom is -0.356 e. The van der Waals surface area contributed by atoms with Crippen LogP contribution in [-0.2, 0) is 6.54 Å². The van der Waals surface area contributed by atoms with Gasteiger partial charge in [-0.2, -0.15) is 0 Å². The highest BCUT2D eigenvalue weighted by Crippen LogP contribution is 2.46. The second-order valence-electron chi connectivity index (χ2n) is 6.06. The largest absolute Gasteiger partial charge is 0.356 e. The fraction of sp³-hybridized carbons (Fsp3) is 0.316. The molecule has 0 amide bonds. The number of nitrogens with zero attached hydrogens (tertiary/aromatic N) is 1. The van der Waals surface area contributed by atoms with Gasteiger partial charge >= 0.3 is 0 Å². The van der Waals surface area contributed by atoms with Crippen LogP contribution < -0.4 is 10.6 Å². The van der Waals surface area contributed by atoms with Crippen LogP contribution in [0.15, 0.2) is 53.5 Å². The third-order valence-electron chi connectivity index (χ3n) is 4.36. The first kappa shape index (κ1) is 19.6. The molecule has 0 radical (unpaired) electrons. The highest BCUT2D eigenvalue weighted by Gasteiger charge is 2.37. The van der Waals surface area contributed by atoms with Crippen molar-refractivity contribution in [2.75, 3.05) is 13.6 Å². The van der Waals surface area contributed by atoms with Gasteiger partial charge in [0.25, 0.3) is 0 Å². The summed E-state index contributed by atoms with van der Waals surface area (Å²) in [6, 6.07) is 13.9. The molecule has 0 saturated heterocycles. The molecule has 0 heterocycles. The van der Waals surface area contributed by atoms with Gasteiger partial charge in [-0.05, 0) is 42.0 Å². The first-order valence-electron chi connectivity index (χ1n) is 8.10. The van der Waals surface area contributed by atoms with Crippen molar-refractivity contribution in [2.24, 2.45) is 10.9 Å². The molecule has 1 aliphatic carbocycles. The number of aliphatic imine (C=N–C) groups is 1. The van der Waals surface area contributed by atoms with Gasteiger partial charge in [0.2, 0.25) is 0 Å². The van der Waals surface area contributed by atoms with E-state index in [2.05, 4.69) is 39.9 Å². The van der Waals surface area contributed by atoms with Gasteiger partial charge < -0.3 is 10.6 Å². The average molecular weight is 457 g/mol. The number of nitrogens with one attached hydrogen (secondary N) is 2. The van der Waals surface area contributed by atoms with Crippen molar-refractivity contribution in [1.29, 1.82) is 0 Å². The van der Waals surface area contributed by atoms with E-state index in [4.69, 9.17) is 0 Å². The van der Waals surface area contributed by atoms with Crippen LogP contribution in [0.5, 0.6) is 0 Å². The zero-order valence-electron chi connectivity index (χ0n) is 14.0. The average Bonchev–Trinajstić information content (AvgIpc) is 3.38. The first-order valence-corrected chi connectivity index (χ1v) is 8.10. The molecule has 1 fully saturated rings. The fourth-order valence-electron chi connectivity index (χ4n) is 2.89. The lowest BCUT2D eigenvalue weighted by Gasteiger charge is -2.12. The molecule has 0 aliphatic heterocycles. The summed E-state index contributed by atoms with van der Waals surface area (Å²) in [4.78, 5) is 4.13. The molecule has 2 aromatic carbocycles. The van der Waals surface area contributed by atoms with E-state index >= 15 is 0 Å². The Hall–Kier alpha value is -1.70. The standard InChI is InChI=1S/C19H21F2N3.HI/c1-22-19(24-12-15-9-16(20)7-8-18(15)21)23-11-14-10-17(14)13-5-3-2-4-6-13;/h2-9,14,17H,10-12H2,1H3,(H2,22,23,24);1H. The highest BCUT2D eigenvalue weighted by molar-refractivity contribution is 14.0. The molecule has 1 aliphatic rings. The van der Waals surface area contributed by atoms with E-state index in [1.54, 1.807) is 7.05 Å². The molecule has 0 bridgehead atoms. The lowest BCUT2D eigenvalue weighted by atomic mass is 10.1. The van der Waals surface area contributed by atoms with Crippen molar-refractivity contribution < 1.29 is 8.78 Å². The maximum absolute atomic E-state index is 13.6. The van der Waals surface area contributed by atoms with Crippen molar-refractivity contribution in [1.82, 2.24) is 10.6 Å². The summed E-state index contributed by atoms with van der Waals surface area (Å²) < 4.78 is 26.8. The van der Waals surface area contributed by atoms with Crippen LogP contribution in [0, 0.1) is 17.6 Å². The minimum atomic E-state index is -0.445. The van der Waals surface area contributed by atoms with E-state index in [1.807, 2.05) is 6.07 Å². The van der Waals surface area contributed by atoms with Crippen LogP contribution in [0.3, 0.4) is 0 Å². The molecule has 0 aromatic heterocycles. The number of hydrogen-bond acceptors (Lipinski definition) is 1. The van der Waals surface area contributed by atoms with Crippen LogP contribution in [0.4, 0.5) is 8.78 Å². The summed E-state index contributed by atoms with van der Waals surface area (Å²) in [7, 11) is 1.67. The number of benzene rings is 2. The Balaban J connectivity index is 0.00000225. The smallest absolute Gasteiger partial charge is 0.191 e. The van der Waals surface area contributed by atoms with Crippen molar-refractivity contribution in [3.8, 4) is 0 Å². The second kappa shape index (κ2) is 9.12. The van der Waals surface area contributed by atoms with Gasteiger partial charge in [0.1, 0.15) is 11.6 Å². The van der Waals surface area contributed by atoms with Gasteiger partial charge in [-0.15, -0.1) is 24.0 Å². The van der Waals surface area contributed by atoms with Gasteiger partial charge in [0.05, 0.1) is 0 Å². The van der Waals surface area contributed by atoms with Gasteiger partial charge in [0.15, 0.2) is 5.96 Å². The Morgan fingerprint density at radius 2 is 1.88 bits per heavy atom. The highest BCUT2D eigenvalue weighted by atomic mass is 127. The van der Waals surface area contributed by atoms with E-state index in [9.17, 15) is 8.78 Å². The minimum absolute atomic E-state index is 0. The summed E-state index contributed by atoms with van der Waals surface area (Å²) in [5.41, 5.74) is 1.65. The Labute approximate surface area is 164 Å². The molecule has 2 atom stereocenters. The Bertz CT molecular complexity index is 722. The maximum atomic E-state index is 13.6. The second-order valence-corrected chi connectivity index (χ2v) is 6.06. The molecule has 6 heteroatoms. The van der Waals surface area contributed by atoms with Gasteiger partial charge in [-0.3, -0.25) is 4.99 Å². The Kier molecular flexibility index (Phi) is 7.16. The number of hydrogen-bond donors (Lipinski definition) is 2. The summed E-state index contributed by atoms with van der Waals surface area (Å²) in [6.45, 7) is 1.00. The van der Waals surface area contributed by atoms with Crippen LogP contribution in [0.25, 0.3) is 0 Å². The predicted octanol–water partition coefficient (Wildman–Crippen LogP) is 4.05. The van der Waals surface area contributed by atoms with E-state index in [0.29, 0.717) is 17.8 Å². The third kappa shape index (κ3) is 5.39. The zero-order valence-corrected chi connectivity index (χ0v) is 16.3. The van der Waals surface area contributed by atoms with Crippen molar-refractivity contribution >= 4 is 29.9 Å².